The van der Waals surface area contributed by atoms with Gasteiger partial charge in [0.15, 0.2) is 6.29 Å². The average Bonchev–Trinajstić information content (AvgIpc) is 0.787. The predicted octanol–water partition coefficient (Wildman–Crippen LogP) is 25.0. The molecule has 19 heteroatoms. The van der Waals surface area contributed by atoms with Gasteiger partial charge in [0.2, 0.25) is 11.8 Å². The summed E-state index contributed by atoms with van der Waals surface area (Å²) in [6, 6.07) is -1.29. The van der Waals surface area contributed by atoms with Crippen molar-refractivity contribution >= 4 is 44.5 Å². The molecule has 4 N–H and O–H groups in total. The van der Waals surface area contributed by atoms with E-state index in [2.05, 4.69) is 57.2 Å². The van der Waals surface area contributed by atoms with Crippen LogP contribution in [0.3, 0.4) is 0 Å². The normalized spacial score (nSPS) is 16.6. The molecule has 18 nitrogen and oxygen atoms in total. The molecule has 648 valence electrons. The number of unbranched alkanes of at least 4 members (excludes halogenated alkanes) is 53. The third-order valence-electron chi connectivity index (χ3n) is 22.1. The van der Waals surface area contributed by atoms with Gasteiger partial charge in [-0.25, -0.2) is 5.26 Å². The summed E-state index contributed by atoms with van der Waals surface area (Å²) in [5.41, 5.74) is -1.04. The van der Waals surface area contributed by atoms with Gasteiger partial charge in [0.05, 0.1) is 53.0 Å². The Kier molecular flexibility index (Phi) is 76.2. The smallest absolute Gasteiger partial charge is 0.309 e. The van der Waals surface area contributed by atoms with E-state index in [0.29, 0.717) is 38.5 Å². The minimum atomic E-state index is -1.39. The molecule has 1 rings (SSSR count). The molecule has 110 heavy (non-hydrogen) atoms. The number of carbonyl (C=O) groups excluding carboxylic acids is 6. The number of hydrogen-bond donors (Lipinski definition) is 4. The highest BCUT2D eigenvalue weighted by atomic mass is 31.1. The van der Waals surface area contributed by atoms with Gasteiger partial charge in [0.25, 0.3) is 0 Å². The standard InChI is InChI=1S/C91H173N2O16P/c1-7-13-19-25-31-37-40-45-51-57-63-69-84(97)103-78(66-60-55-49-43-34-28-22-16-10-4)74-82(95)92-72-73-102-91-88(93-83(96)75-79(67-61-54-48-36-30-24-18-12-6)104-85(98)70-64-58-52-46-41-38-32-26-20-14-8-2)89(90(110-109-108-101)81(77-94)106-91)107-87(100)76-80(68-62-56-50-44-35-29-23-17-11-5)105-86(99)71-65-59-53-47-42-39-33-27-21-15-9-3/h78-81,88-91,94,101,110H,7-77H2,1-6H3,(H,92,95)(H,93,96)/t78?,79?,80?,81?,88?,89-,90-,91-/m1/s1. The van der Waals surface area contributed by atoms with E-state index in [1.54, 1.807) is 0 Å². The summed E-state index contributed by atoms with van der Waals surface area (Å²) in [6.45, 7) is 12.6. The number of aliphatic hydroxyl groups is 1. The summed E-state index contributed by atoms with van der Waals surface area (Å²) >= 11 is 0. The first-order chi connectivity index (χ1) is 53.9. The molecule has 1 aliphatic heterocycles. The van der Waals surface area contributed by atoms with E-state index in [9.17, 15) is 39.1 Å². The fourth-order valence-corrected chi connectivity index (χ4v) is 16.1. The SMILES string of the molecule is CCCCCCCCCCCCCC(=O)OC(CCCCCCCCCCC)CC(=O)NCCO[C@@H]1OC(CO)[C@@H](POOO)[C@H](OC(=O)CC(CCCCCCCCCCC)OC(=O)CCCCCCCCCCCCC)C1NC(=O)CC(CCCCCCCCCC)OC(=O)CCCCCCCCCCCCC. The van der Waals surface area contributed by atoms with Crippen molar-refractivity contribution in [3.05, 3.63) is 0 Å². The van der Waals surface area contributed by atoms with Crippen LogP contribution in [0.15, 0.2) is 0 Å². The maximum absolute atomic E-state index is 14.9. The van der Waals surface area contributed by atoms with Gasteiger partial charge in [-0.1, -0.05) is 387 Å². The summed E-state index contributed by atoms with van der Waals surface area (Å²) in [5.74, 6) is -2.61. The summed E-state index contributed by atoms with van der Waals surface area (Å²) in [6.07, 6.45) is 62.3. The van der Waals surface area contributed by atoms with Gasteiger partial charge in [0.1, 0.15) is 30.5 Å². The largest absolute Gasteiger partial charge is 0.462 e. The van der Waals surface area contributed by atoms with Crippen LogP contribution in [0.2, 0.25) is 0 Å². The van der Waals surface area contributed by atoms with E-state index in [-0.39, 0.29) is 69.1 Å². The highest BCUT2D eigenvalue weighted by Gasteiger charge is 2.50. The quantitative estimate of drug-likeness (QED) is 0.0111. The summed E-state index contributed by atoms with van der Waals surface area (Å²) < 4.78 is 43.1. The second-order valence-corrected chi connectivity index (χ2v) is 33.7. The fraction of sp³-hybridized carbons (Fsp3) is 0.934. The Morgan fingerprint density at radius 3 is 0.945 bits per heavy atom. The van der Waals surface area contributed by atoms with Crippen molar-refractivity contribution < 1.29 is 77.3 Å². The molecule has 0 aromatic rings. The molecule has 1 saturated heterocycles. The third-order valence-corrected chi connectivity index (χ3v) is 23.3. The molecule has 6 unspecified atom stereocenters. The zero-order valence-electron chi connectivity index (χ0n) is 71.9. The molecule has 1 aliphatic rings. The lowest BCUT2D eigenvalue weighted by Crippen LogP contribution is -2.65. The summed E-state index contributed by atoms with van der Waals surface area (Å²) in [5, 5.41) is 30.9. The molecule has 1 heterocycles. The summed E-state index contributed by atoms with van der Waals surface area (Å²) in [7, 11) is -0.798. The van der Waals surface area contributed by atoms with Gasteiger partial charge in [-0.05, 0) is 57.8 Å². The van der Waals surface area contributed by atoms with Crippen molar-refractivity contribution in [2.75, 3.05) is 19.8 Å². The van der Waals surface area contributed by atoms with Gasteiger partial charge in [0, 0.05) is 25.8 Å². The van der Waals surface area contributed by atoms with Gasteiger partial charge in [-0.3, -0.25) is 28.8 Å². The first-order valence-electron chi connectivity index (χ1n) is 46.8. The van der Waals surface area contributed by atoms with Crippen LogP contribution in [-0.4, -0.2) is 114 Å². The highest BCUT2D eigenvalue weighted by molar-refractivity contribution is 7.33. The van der Waals surface area contributed by atoms with Crippen molar-refractivity contribution in [2.24, 2.45) is 0 Å². The molecule has 0 bridgehead atoms. The molecule has 0 aromatic heterocycles. The molecular weight excluding hydrogens is 1410 g/mol. The van der Waals surface area contributed by atoms with E-state index in [1.165, 1.54) is 218 Å². The average molecular weight is 1580 g/mol. The Bertz CT molecular complexity index is 2090. The van der Waals surface area contributed by atoms with Crippen LogP contribution in [-0.2, 0) is 66.9 Å². The lowest BCUT2D eigenvalue weighted by atomic mass is 9.98. The minimum absolute atomic E-state index is 0.0153. The minimum Gasteiger partial charge on any atom is -0.462 e. The van der Waals surface area contributed by atoms with E-state index in [1.807, 2.05) is 0 Å². The lowest BCUT2D eigenvalue weighted by Gasteiger charge is -2.45. The Morgan fingerprint density at radius 1 is 0.364 bits per heavy atom. The van der Waals surface area contributed by atoms with Crippen LogP contribution in [0.1, 0.15) is 478 Å². The first-order valence-corrected chi connectivity index (χ1v) is 47.8. The molecule has 1 fully saturated rings. The van der Waals surface area contributed by atoms with E-state index < -0.39 is 75.8 Å². The number of hydrogen-bond acceptors (Lipinski definition) is 16. The maximum Gasteiger partial charge on any atom is 0.309 e. The van der Waals surface area contributed by atoms with Crippen LogP contribution in [0.5, 0.6) is 0 Å². The van der Waals surface area contributed by atoms with Gasteiger partial charge < -0.3 is 44.2 Å². The van der Waals surface area contributed by atoms with E-state index in [4.69, 9.17) is 33.1 Å². The van der Waals surface area contributed by atoms with Crippen molar-refractivity contribution in [2.45, 2.75) is 527 Å². The van der Waals surface area contributed by atoms with Gasteiger partial charge in [-0.2, -0.15) is 4.67 Å². The number of aliphatic hydroxyl groups excluding tert-OH is 1. The number of nitrogens with one attached hydrogen (secondary N) is 2. The topological polar surface area (TPSA) is 241 Å². The first kappa shape index (κ1) is 105. The predicted molar refractivity (Wildman–Crippen MR) is 451 cm³/mol. The van der Waals surface area contributed by atoms with Crippen LogP contribution in [0, 0.1) is 0 Å². The van der Waals surface area contributed by atoms with Gasteiger partial charge in [-0.15, -0.1) is 0 Å². The Hall–Kier alpha value is -2.99. The monoisotopic (exact) mass is 1580 g/mol. The van der Waals surface area contributed by atoms with Crippen LogP contribution < -0.4 is 10.6 Å². The molecule has 0 aliphatic carbocycles. The van der Waals surface area contributed by atoms with Crippen molar-refractivity contribution in [3.8, 4) is 0 Å². The Morgan fingerprint density at radius 2 is 0.645 bits per heavy atom. The molecule has 0 spiro atoms. The second kappa shape index (κ2) is 79.8. The second-order valence-electron chi connectivity index (χ2n) is 32.6. The lowest BCUT2D eigenvalue weighted by molar-refractivity contribution is -0.435. The molecular formula is C91H173N2O16P. The fourth-order valence-electron chi connectivity index (χ4n) is 15.2. The Labute approximate surface area is 675 Å². The third kappa shape index (κ3) is 64.2. The van der Waals surface area contributed by atoms with Crippen LogP contribution >= 0.6 is 8.81 Å². The van der Waals surface area contributed by atoms with Crippen LogP contribution in [0.4, 0.5) is 0 Å². The highest BCUT2D eigenvalue weighted by Crippen LogP contribution is 2.38. The molecule has 2 amide bonds. The van der Waals surface area contributed by atoms with E-state index in [0.717, 1.165) is 148 Å². The van der Waals surface area contributed by atoms with E-state index >= 15 is 0 Å². The van der Waals surface area contributed by atoms with Gasteiger partial charge >= 0.3 is 23.9 Å². The van der Waals surface area contributed by atoms with Crippen molar-refractivity contribution in [3.63, 3.8) is 0 Å². The summed E-state index contributed by atoms with van der Waals surface area (Å²) in [4.78, 5) is 84.5. The molecule has 0 aromatic carbocycles. The zero-order chi connectivity index (χ0) is 80.1. The number of esters is 4. The molecule has 0 radical (unpaired) electrons. The Balaban J connectivity index is 3.62. The van der Waals surface area contributed by atoms with Crippen LogP contribution in [0.25, 0.3) is 0 Å². The van der Waals surface area contributed by atoms with Crippen molar-refractivity contribution in [1.82, 2.24) is 10.6 Å². The zero-order valence-corrected chi connectivity index (χ0v) is 72.9. The number of rotatable bonds is 84. The van der Waals surface area contributed by atoms with Crippen molar-refractivity contribution in [1.29, 1.82) is 0 Å². The maximum atomic E-state index is 14.9. The number of carbonyl (C=O) groups is 6. The molecule has 0 saturated carbocycles. The number of ether oxygens (including phenoxy) is 6. The molecule has 9 atom stereocenters. The number of amides is 2.